The van der Waals surface area contributed by atoms with Crippen molar-refractivity contribution in [2.45, 2.75) is 26.1 Å². The summed E-state index contributed by atoms with van der Waals surface area (Å²) in [5.74, 6) is -0.0606. The fourth-order valence-corrected chi connectivity index (χ4v) is 4.25. The van der Waals surface area contributed by atoms with E-state index in [4.69, 9.17) is 11.6 Å². The number of amides is 1. The fourth-order valence-electron chi connectivity index (χ4n) is 4.09. The summed E-state index contributed by atoms with van der Waals surface area (Å²) < 4.78 is 0. The number of nitrogens with one attached hydrogen (secondary N) is 2. The number of aromatic nitrogens is 2. The number of pyridine rings is 1. The molecule has 0 radical (unpaired) electrons. The van der Waals surface area contributed by atoms with E-state index in [0.29, 0.717) is 17.1 Å². The van der Waals surface area contributed by atoms with Crippen LogP contribution in [0.1, 0.15) is 29.8 Å². The maximum absolute atomic E-state index is 12.8. The molecule has 2 aromatic carbocycles. The van der Waals surface area contributed by atoms with E-state index >= 15 is 0 Å². The van der Waals surface area contributed by atoms with E-state index in [2.05, 4.69) is 38.4 Å². The molecule has 0 unspecified atom stereocenters. The molecule has 4 aromatic rings. The van der Waals surface area contributed by atoms with E-state index < -0.39 is 5.66 Å². The Labute approximate surface area is 179 Å². The second-order valence-corrected chi connectivity index (χ2v) is 8.51. The van der Waals surface area contributed by atoms with Crippen molar-refractivity contribution in [3.63, 3.8) is 0 Å². The Bertz CT molecular complexity index is 1260. The molecule has 0 fully saturated rings. The molecule has 0 spiro atoms. The summed E-state index contributed by atoms with van der Waals surface area (Å²) in [5.41, 5.74) is 5.04. The molecule has 1 aliphatic heterocycles. The third-order valence-corrected chi connectivity index (χ3v) is 5.83. The first-order valence-corrected chi connectivity index (χ1v) is 10.2. The molecule has 30 heavy (non-hydrogen) atoms. The van der Waals surface area contributed by atoms with Crippen molar-refractivity contribution in [1.29, 1.82) is 0 Å². The van der Waals surface area contributed by atoms with E-state index in [-0.39, 0.29) is 5.91 Å². The van der Waals surface area contributed by atoms with E-state index in [9.17, 15) is 4.79 Å². The third-order valence-electron chi connectivity index (χ3n) is 5.62. The number of carbonyl (C=O) groups is 1. The van der Waals surface area contributed by atoms with Gasteiger partial charge in [-0.05, 0) is 43.2 Å². The molecular weight excluding hydrogens is 396 g/mol. The van der Waals surface area contributed by atoms with Gasteiger partial charge in [-0.1, -0.05) is 48.0 Å². The van der Waals surface area contributed by atoms with Crippen LogP contribution in [0, 0.1) is 0 Å². The molecule has 0 atom stereocenters. The normalized spacial score (nSPS) is 15.2. The average molecular weight is 417 g/mol. The summed E-state index contributed by atoms with van der Waals surface area (Å²) in [6, 6.07) is 18.1. The maximum Gasteiger partial charge on any atom is 0.255 e. The van der Waals surface area contributed by atoms with Crippen molar-refractivity contribution in [3.8, 4) is 11.1 Å². The number of halogens is 1. The topological polar surface area (TPSA) is 61.0 Å². The largest absolute Gasteiger partial charge is 0.346 e. The Morgan fingerprint density at radius 2 is 1.87 bits per heavy atom. The number of hydrogen-bond acceptors (Lipinski definition) is 3. The van der Waals surface area contributed by atoms with Crippen LogP contribution in [0.25, 0.3) is 22.2 Å². The Morgan fingerprint density at radius 3 is 2.67 bits per heavy atom. The van der Waals surface area contributed by atoms with Gasteiger partial charge < -0.3 is 15.2 Å². The van der Waals surface area contributed by atoms with E-state index in [1.165, 1.54) is 5.56 Å². The van der Waals surface area contributed by atoms with Gasteiger partial charge >= 0.3 is 0 Å². The van der Waals surface area contributed by atoms with Gasteiger partial charge in [-0.25, -0.2) is 4.98 Å². The highest BCUT2D eigenvalue weighted by Crippen LogP contribution is 2.38. The summed E-state index contributed by atoms with van der Waals surface area (Å²) >= 11 is 6.18. The molecule has 6 heteroatoms. The van der Waals surface area contributed by atoms with Crippen LogP contribution in [0.5, 0.6) is 0 Å². The monoisotopic (exact) mass is 416 g/mol. The van der Waals surface area contributed by atoms with E-state index in [0.717, 1.165) is 27.8 Å². The van der Waals surface area contributed by atoms with Crippen LogP contribution in [0.15, 0.2) is 67.0 Å². The first kappa shape index (κ1) is 18.7. The van der Waals surface area contributed by atoms with Gasteiger partial charge in [-0.2, -0.15) is 0 Å². The number of H-pyrrole nitrogens is 1. The first-order valence-electron chi connectivity index (χ1n) is 9.83. The molecule has 2 aromatic heterocycles. The van der Waals surface area contributed by atoms with Crippen molar-refractivity contribution in [2.75, 3.05) is 4.90 Å². The number of fused-ring (bicyclic) bond motifs is 2. The number of rotatable bonds is 3. The Kier molecular flexibility index (Phi) is 4.29. The van der Waals surface area contributed by atoms with Crippen LogP contribution in [0.3, 0.4) is 0 Å². The number of hydrogen-bond donors (Lipinski definition) is 2. The molecule has 0 saturated heterocycles. The minimum absolute atomic E-state index is 0.0606. The quantitative estimate of drug-likeness (QED) is 0.472. The van der Waals surface area contributed by atoms with Crippen molar-refractivity contribution >= 4 is 34.2 Å². The predicted molar refractivity (Wildman–Crippen MR) is 121 cm³/mol. The maximum atomic E-state index is 12.8. The zero-order chi connectivity index (χ0) is 20.9. The lowest BCUT2D eigenvalue weighted by Gasteiger charge is -2.45. The molecule has 2 N–H and O–H groups in total. The standard InChI is InChI=1S/C24H21ClN4O/c1-24(2)28-23(30)18-9-8-16(20-13-27-22-19(20)11-17(25)12-26-22)10-21(18)29(24)14-15-6-4-3-5-7-15/h3-13H,14H2,1-2H3,(H,26,27)(H,28,30). The van der Waals surface area contributed by atoms with Gasteiger partial charge in [-0.15, -0.1) is 0 Å². The van der Waals surface area contributed by atoms with Gasteiger partial charge in [0.1, 0.15) is 11.3 Å². The lowest BCUT2D eigenvalue weighted by molar-refractivity contribution is 0.0897. The number of nitrogens with zero attached hydrogens (tertiary/aromatic N) is 2. The lowest BCUT2D eigenvalue weighted by atomic mass is 9.96. The third kappa shape index (κ3) is 3.12. The van der Waals surface area contributed by atoms with E-state index in [1.807, 2.05) is 56.4 Å². The Hall–Kier alpha value is -3.31. The van der Waals surface area contributed by atoms with Crippen LogP contribution in [-0.4, -0.2) is 21.5 Å². The van der Waals surface area contributed by atoms with E-state index in [1.54, 1.807) is 6.20 Å². The fraction of sp³-hybridized carbons (Fsp3) is 0.167. The molecule has 5 rings (SSSR count). The molecule has 0 aliphatic carbocycles. The molecule has 1 amide bonds. The summed E-state index contributed by atoms with van der Waals surface area (Å²) in [5, 5.41) is 4.67. The summed E-state index contributed by atoms with van der Waals surface area (Å²) in [6.45, 7) is 4.74. The van der Waals surface area contributed by atoms with Crippen LogP contribution in [0.4, 0.5) is 5.69 Å². The molecule has 5 nitrogen and oxygen atoms in total. The number of benzene rings is 2. The lowest BCUT2D eigenvalue weighted by Crippen LogP contribution is -2.60. The van der Waals surface area contributed by atoms with Gasteiger partial charge in [0.15, 0.2) is 0 Å². The zero-order valence-corrected chi connectivity index (χ0v) is 17.5. The van der Waals surface area contributed by atoms with Gasteiger partial charge in [0.25, 0.3) is 5.91 Å². The molecule has 1 aliphatic rings. The van der Waals surface area contributed by atoms with Crippen LogP contribution >= 0.6 is 11.6 Å². The summed E-state index contributed by atoms with van der Waals surface area (Å²) in [6.07, 6.45) is 3.57. The minimum Gasteiger partial charge on any atom is -0.346 e. The van der Waals surface area contributed by atoms with Gasteiger partial charge in [-0.3, -0.25) is 4.79 Å². The van der Waals surface area contributed by atoms with Crippen molar-refractivity contribution in [2.24, 2.45) is 0 Å². The Morgan fingerprint density at radius 1 is 1.07 bits per heavy atom. The second-order valence-electron chi connectivity index (χ2n) is 8.07. The molecule has 3 heterocycles. The number of carbonyl (C=O) groups excluding carboxylic acids is 1. The number of anilines is 1. The minimum atomic E-state index is -0.524. The molecule has 150 valence electrons. The highest BCUT2D eigenvalue weighted by Gasteiger charge is 2.36. The summed E-state index contributed by atoms with van der Waals surface area (Å²) in [4.78, 5) is 22.6. The Balaban J connectivity index is 1.65. The molecule has 0 saturated carbocycles. The second kappa shape index (κ2) is 6.89. The number of aromatic amines is 1. The smallest absolute Gasteiger partial charge is 0.255 e. The molecule has 0 bridgehead atoms. The molecular formula is C24H21ClN4O. The SMILES string of the molecule is CC1(C)NC(=O)c2ccc(-c3c[nH]c4ncc(Cl)cc34)cc2N1Cc1ccccc1. The van der Waals surface area contributed by atoms with Gasteiger partial charge in [0.05, 0.1) is 16.3 Å². The predicted octanol–water partition coefficient (Wildman–Crippen LogP) is 5.37. The van der Waals surface area contributed by atoms with Crippen LogP contribution in [0.2, 0.25) is 5.02 Å². The van der Waals surface area contributed by atoms with Crippen molar-refractivity contribution in [3.05, 3.63) is 83.1 Å². The highest BCUT2D eigenvalue weighted by molar-refractivity contribution is 6.31. The van der Waals surface area contributed by atoms with Gasteiger partial charge in [0, 0.05) is 29.9 Å². The zero-order valence-electron chi connectivity index (χ0n) is 16.7. The van der Waals surface area contributed by atoms with Crippen molar-refractivity contribution < 1.29 is 4.79 Å². The summed E-state index contributed by atoms with van der Waals surface area (Å²) in [7, 11) is 0. The first-order chi connectivity index (χ1) is 14.4. The highest BCUT2D eigenvalue weighted by atomic mass is 35.5. The van der Waals surface area contributed by atoms with Crippen LogP contribution in [-0.2, 0) is 6.54 Å². The average Bonchev–Trinajstić information content (AvgIpc) is 3.14. The van der Waals surface area contributed by atoms with Gasteiger partial charge in [0.2, 0.25) is 0 Å². The van der Waals surface area contributed by atoms with Crippen molar-refractivity contribution in [1.82, 2.24) is 15.3 Å². The van der Waals surface area contributed by atoms with Crippen LogP contribution < -0.4 is 10.2 Å².